The maximum absolute atomic E-state index is 12.1. The fourth-order valence-electron chi connectivity index (χ4n) is 4.72. The molecular formula is C25H35N3O2. The van der Waals surface area contributed by atoms with Gasteiger partial charge in [-0.25, -0.2) is 0 Å². The lowest BCUT2D eigenvalue weighted by atomic mass is 9.62. The molecule has 162 valence electrons. The van der Waals surface area contributed by atoms with E-state index < -0.39 is 0 Å². The van der Waals surface area contributed by atoms with Gasteiger partial charge in [0.25, 0.3) is 11.5 Å². The van der Waals surface area contributed by atoms with Crippen LogP contribution in [0.5, 0.6) is 0 Å². The highest BCUT2D eigenvalue weighted by Gasteiger charge is 2.36. The molecule has 5 heteroatoms. The van der Waals surface area contributed by atoms with Crippen molar-refractivity contribution in [2.24, 2.45) is 17.3 Å². The van der Waals surface area contributed by atoms with Crippen LogP contribution in [0.25, 0.3) is 10.9 Å². The molecule has 0 saturated heterocycles. The van der Waals surface area contributed by atoms with Gasteiger partial charge in [-0.1, -0.05) is 50.6 Å². The number of amides is 1. The van der Waals surface area contributed by atoms with Gasteiger partial charge in [0.15, 0.2) is 0 Å². The number of aromatic amines is 1. The van der Waals surface area contributed by atoms with E-state index in [1.807, 2.05) is 6.92 Å². The van der Waals surface area contributed by atoms with E-state index in [1.165, 1.54) is 23.8 Å². The normalized spacial score (nSPS) is 21.5. The van der Waals surface area contributed by atoms with Crippen LogP contribution in [0, 0.1) is 24.2 Å². The topological polar surface area (TPSA) is 66.9 Å². The lowest BCUT2D eigenvalue weighted by molar-refractivity contribution is 0.0964. The largest absolute Gasteiger partial charge is 0.355 e. The van der Waals surface area contributed by atoms with Gasteiger partial charge in [0.1, 0.15) is 5.52 Å². The molecule has 0 spiro atoms. The minimum Gasteiger partial charge on any atom is -0.355 e. The molecule has 0 aromatic carbocycles. The fraction of sp³-hybridized carbons (Fsp3) is 0.440. The standard InChI is InChI=1S/C13H15N3O2.C12H18.H2/c1-4-5-16-7-10(12(17)14-3)9-6-8(2)15-11(9)13(16)18;1-12(2)9-5-7-10-6-3-4-8-11(10)12;/h4,6-7,15H,1,5H2,2-3H3,(H,14,17);3-4,6,8,10-11H,5,7,9H2,1-2H3;1H. The van der Waals surface area contributed by atoms with Crippen molar-refractivity contribution >= 4 is 16.8 Å². The molecule has 1 saturated carbocycles. The van der Waals surface area contributed by atoms with E-state index in [4.69, 9.17) is 0 Å². The second-order valence-corrected chi connectivity index (χ2v) is 8.95. The zero-order chi connectivity index (χ0) is 21.9. The first kappa shape index (κ1) is 21.9. The average molecular weight is 410 g/mol. The van der Waals surface area contributed by atoms with Gasteiger partial charge in [0.05, 0.1) is 5.56 Å². The Hall–Kier alpha value is -2.82. The van der Waals surface area contributed by atoms with Crippen molar-refractivity contribution in [2.45, 2.75) is 46.6 Å². The van der Waals surface area contributed by atoms with Gasteiger partial charge in [0.2, 0.25) is 0 Å². The van der Waals surface area contributed by atoms with Crippen LogP contribution in [0.1, 0.15) is 50.6 Å². The Morgan fingerprint density at radius 3 is 2.80 bits per heavy atom. The number of carbonyl (C=O) groups is 1. The highest BCUT2D eigenvalue weighted by Crippen LogP contribution is 2.46. The van der Waals surface area contributed by atoms with E-state index in [-0.39, 0.29) is 12.9 Å². The molecule has 2 aromatic heterocycles. The van der Waals surface area contributed by atoms with Gasteiger partial charge >= 0.3 is 0 Å². The third kappa shape index (κ3) is 4.35. The Morgan fingerprint density at radius 1 is 1.40 bits per heavy atom. The SMILES string of the molecule is C=CCn1cc(C(=O)NC)c2cc(C)[nH]c2c1=O.CC1(C)CCCC2C=CC=CC21.[HH]. The molecule has 1 fully saturated rings. The molecule has 0 radical (unpaired) electrons. The number of aromatic nitrogens is 2. The molecule has 2 N–H and O–H groups in total. The minimum absolute atomic E-state index is 0. The summed E-state index contributed by atoms with van der Waals surface area (Å²) in [6, 6.07) is 1.81. The molecule has 2 atom stereocenters. The number of rotatable bonds is 3. The van der Waals surface area contributed by atoms with Crippen LogP contribution >= 0.6 is 0 Å². The molecule has 2 heterocycles. The maximum atomic E-state index is 12.1. The van der Waals surface area contributed by atoms with Gasteiger partial charge in [0, 0.05) is 32.3 Å². The van der Waals surface area contributed by atoms with Gasteiger partial charge in [-0.05, 0) is 43.1 Å². The highest BCUT2D eigenvalue weighted by atomic mass is 16.1. The fourth-order valence-corrected chi connectivity index (χ4v) is 4.72. The number of aryl methyl sites for hydroxylation is 1. The van der Waals surface area contributed by atoms with Crippen LogP contribution < -0.4 is 10.9 Å². The van der Waals surface area contributed by atoms with Crippen molar-refractivity contribution in [3.63, 3.8) is 0 Å². The zero-order valence-corrected chi connectivity index (χ0v) is 18.5. The summed E-state index contributed by atoms with van der Waals surface area (Å²) in [5, 5.41) is 3.23. The molecule has 2 aliphatic rings. The van der Waals surface area contributed by atoms with Crippen LogP contribution in [-0.4, -0.2) is 22.5 Å². The number of hydrogen-bond acceptors (Lipinski definition) is 2. The number of fused-ring (bicyclic) bond motifs is 2. The Labute approximate surface area is 180 Å². The summed E-state index contributed by atoms with van der Waals surface area (Å²) < 4.78 is 1.47. The second kappa shape index (κ2) is 8.90. The Bertz CT molecular complexity index is 1060. The predicted molar refractivity (Wildman–Crippen MR) is 126 cm³/mol. The lowest BCUT2D eigenvalue weighted by Crippen LogP contribution is -2.33. The molecule has 2 unspecified atom stereocenters. The third-order valence-electron chi connectivity index (χ3n) is 6.31. The monoisotopic (exact) mass is 409 g/mol. The number of nitrogens with one attached hydrogen (secondary N) is 2. The molecule has 2 aromatic rings. The van der Waals surface area contributed by atoms with Crippen molar-refractivity contribution in [2.75, 3.05) is 7.05 Å². The number of nitrogens with zero attached hydrogens (tertiary/aromatic N) is 1. The van der Waals surface area contributed by atoms with Crippen molar-refractivity contribution in [1.82, 2.24) is 14.9 Å². The quantitative estimate of drug-likeness (QED) is 0.702. The summed E-state index contributed by atoms with van der Waals surface area (Å²) in [6.07, 6.45) is 16.6. The Morgan fingerprint density at radius 2 is 2.13 bits per heavy atom. The summed E-state index contributed by atoms with van der Waals surface area (Å²) in [5.74, 6) is 1.42. The van der Waals surface area contributed by atoms with Crippen LogP contribution in [0.15, 0.2) is 54.0 Å². The first-order chi connectivity index (χ1) is 14.3. The summed E-state index contributed by atoms with van der Waals surface area (Å²) in [5.41, 5.74) is 2.17. The van der Waals surface area contributed by atoms with Crippen LogP contribution in [0.2, 0.25) is 0 Å². The number of pyridine rings is 1. The molecular weight excluding hydrogens is 374 g/mol. The average Bonchev–Trinajstić information content (AvgIpc) is 3.12. The molecule has 30 heavy (non-hydrogen) atoms. The van der Waals surface area contributed by atoms with Crippen molar-refractivity contribution < 1.29 is 6.22 Å². The number of allylic oxidation sites excluding steroid dienone is 5. The van der Waals surface area contributed by atoms with Crippen molar-refractivity contribution in [3.05, 3.63) is 70.8 Å². The number of carbonyl (C=O) groups excluding carboxylic acids is 1. The zero-order valence-electron chi connectivity index (χ0n) is 18.5. The Kier molecular flexibility index (Phi) is 6.49. The van der Waals surface area contributed by atoms with Gasteiger partial charge < -0.3 is 14.9 Å². The second-order valence-electron chi connectivity index (χ2n) is 8.95. The first-order valence-corrected chi connectivity index (χ1v) is 10.7. The van der Waals surface area contributed by atoms with Gasteiger partial charge in [-0.15, -0.1) is 6.58 Å². The van der Waals surface area contributed by atoms with E-state index in [9.17, 15) is 9.59 Å². The molecule has 4 rings (SSSR count). The first-order valence-electron chi connectivity index (χ1n) is 10.7. The van der Waals surface area contributed by atoms with E-state index in [1.54, 1.807) is 25.4 Å². The summed E-state index contributed by atoms with van der Waals surface area (Å²) in [6.45, 7) is 10.7. The number of hydrogen-bond donors (Lipinski definition) is 2. The summed E-state index contributed by atoms with van der Waals surface area (Å²) in [7, 11) is 1.57. The van der Waals surface area contributed by atoms with E-state index in [2.05, 4.69) is 55.0 Å². The molecule has 5 nitrogen and oxygen atoms in total. The van der Waals surface area contributed by atoms with E-state index >= 15 is 0 Å². The Balaban J connectivity index is 0.000000229. The van der Waals surface area contributed by atoms with E-state index in [0.717, 1.165) is 17.5 Å². The van der Waals surface area contributed by atoms with Crippen molar-refractivity contribution in [1.29, 1.82) is 0 Å². The molecule has 0 aliphatic heterocycles. The minimum atomic E-state index is -0.211. The maximum Gasteiger partial charge on any atom is 0.275 e. The van der Waals surface area contributed by atoms with Crippen molar-refractivity contribution in [3.8, 4) is 0 Å². The van der Waals surface area contributed by atoms with Crippen LogP contribution in [0.4, 0.5) is 0 Å². The van der Waals surface area contributed by atoms with Crippen LogP contribution in [0.3, 0.4) is 0 Å². The third-order valence-corrected chi connectivity index (χ3v) is 6.31. The smallest absolute Gasteiger partial charge is 0.275 e. The van der Waals surface area contributed by atoms with E-state index in [0.29, 0.717) is 28.4 Å². The summed E-state index contributed by atoms with van der Waals surface area (Å²) in [4.78, 5) is 27.0. The predicted octanol–water partition coefficient (Wildman–Crippen LogP) is 4.98. The summed E-state index contributed by atoms with van der Waals surface area (Å²) >= 11 is 0. The lowest BCUT2D eigenvalue weighted by Gasteiger charge is -2.42. The van der Waals surface area contributed by atoms with Crippen LogP contribution in [-0.2, 0) is 6.54 Å². The molecule has 1 amide bonds. The highest BCUT2D eigenvalue weighted by molar-refractivity contribution is 6.06. The van der Waals surface area contributed by atoms with Gasteiger partial charge in [-0.2, -0.15) is 0 Å². The molecule has 2 aliphatic carbocycles. The molecule has 0 bridgehead atoms. The number of H-pyrrole nitrogens is 1. The van der Waals surface area contributed by atoms with Gasteiger partial charge in [-0.3, -0.25) is 9.59 Å².